The molecule has 0 aliphatic carbocycles. The molecule has 0 saturated carbocycles. The molecule has 1 aromatic heterocycles. The van der Waals surface area contributed by atoms with Gasteiger partial charge in [0.25, 0.3) is 0 Å². The number of rotatable bonds is 2. The van der Waals surface area contributed by atoms with Crippen LogP contribution in [-0.4, -0.2) is 5.11 Å². The average Bonchev–Trinajstić information content (AvgIpc) is 2.84. The summed E-state index contributed by atoms with van der Waals surface area (Å²) in [6.07, 6.45) is -0.950. The van der Waals surface area contributed by atoms with E-state index in [1.807, 2.05) is 29.6 Å². The SMILES string of the molecule is OC(c1cc(Br)ccc1F)c1csc2ccccc12. The van der Waals surface area contributed by atoms with Crippen LogP contribution < -0.4 is 0 Å². The molecule has 0 fully saturated rings. The molecule has 0 radical (unpaired) electrons. The Morgan fingerprint density at radius 2 is 1.89 bits per heavy atom. The summed E-state index contributed by atoms with van der Waals surface area (Å²) >= 11 is 4.86. The molecule has 0 bridgehead atoms. The Bertz CT molecular complexity index is 738. The molecule has 19 heavy (non-hydrogen) atoms. The number of halogens is 2. The Morgan fingerprint density at radius 1 is 1.11 bits per heavy atom. The molecule has 1 unspecified atom stereocenters. The molecule has 0 saturated heterocycles. The number of hydrogen-bond donors (Lipinski definition) is 1. The summed E-state index contributed by atoms with van der Waals surface area (Å²) in [7, 11) is 0. The standard InChI is InChI=1S/C15H10BrFOS/c16-9-5-6-13(17)11(7-9)15(18)12-8-19-14-4-2-1-3-10(12)14/h1-8,15,18H. The van der Waals surface area contributed by atoms with Gasteiger partial charge in [-0.25, -0.2) is 4.39 Å². The summed E-state index contributed by atoms with van der Waals surface area (Å²) in [5.41, 5.74) is 1.04. The molecular formula is C15H10BrFOS. The highest BCUT2D eigenvalue weighted by Crippen LogP contribution is 2.35. The number of hydrogen-bond acceptors (Lipinski definition) is 2. The Hall–Kier alpha value is -1.23. The Kier molecular flexibility index (Phi) is 3.39. The van der Waals surface area contributed by atoms with E-state index < -0.39 is 11.9 Å². The molecule has 0 aliphatic heterocycles. The van der Waals surface area contributed by atoms with Gasteiger partial charge in [-0.2, -0.15) is 0 Å². The van der Waals surface area contributed by atoms with Gasteiger partial charge in [0.2, 0.25) is 0 Å². The Balaban J connectivity index is 2.13. The summed E-state index contributed by atoms with van der Waals surface area (Å²) in [6, 6.07) is 12.4. The van der Waals surface area contributed by atoms with Crippen molar-refractivity contribution in [3.8, 4) is 0 Å². The smallest absolute Gasteiger partial charge is 0.129 e. The van der Waals surface area contributed by atoms with Gasteiger partial charge < -0.3 is 5.11 Å². The highest BCUT2D eigenvalue weighted by molar-refractivity contribution is 9.10. The maximum absolute atomic E-state index is 13.8. The molecule has 0 aliphatic rings. The lowest BCUT2D eigenvalue weighted by molar-refractivity contribution is 0.217. The lowest BCUT2D eigenvalue weighted by Crippen LogP contribution is -2.01. The summed E-state index contributed by atoms with van der Waals surface area (Å²) < 4.78 is 15.7. The fourth-order valence-corrected chi connectivity index (χ4v) is 3.46. The third-order valence-electron chi connectivity index (χ3n) is 3.06. The zero-order valence-corrected chi connectivity index (χ0v) is 12.2. The summed E-state index contributed by atoms with van der Waals surface area (Å²) in [5, 5.41) is 13.3. The molecular weight excluding hydrogens is 327 g/mol. The molecule has 1 heterocycles. The van der Waals surface area contributed by atoms with Crippen LogP contribution in [0.2, 0.25) is 0 Å². The minimum atomic E-state index is -0.950. The first kappa shape index (κ1) is 12.8. The zero-order valence-electron chi connectivity index (χ0n) is 9.81. The summed E-state index contributed by atoms with van der Waals surface area (Å²) in [5.74, 6) is -0.397. The fraction of sp³-hybridized carbons (Fsp3) is 0.0667. The van der Waals surface area contributed by atoms with Crippen molar-refractivity contribution in [1.82, 2.24) is 0 Å². The largest absolute Gasteiger partial charge is 0.383 e. The lowest BCUT2D eigenvalue weighted by Gasteiger charge is -2.12. The number of aliphatic hydroxyl groups excluding tert-OH is 1. The zero-order chi connectivity index (χ0) is 13.4. The molecule has 1 N–H and O–H groups in total. The first-order valence-corrected chi connectivity index (χ1v) is 7.43. The van der Waals surface area contributed by atoms with Crippen molar-refractivity contribution in [2.75, 3.05) is 0 Å². The predicted molar refractivity (Wildman–Crippen MR) is 80.0 cm³/mol. The number of thiophene rings is 1. The summed E-state index contributed by atoms with van der Waals surface area (Å²) in [6.45, 7) is 0. The van der Waals surface area contributed by atoms with Gasteiger partial charge in [-0.15, -0.1) is 11.3 Å². The predicted octanol–water partition coefficient (Wildman–Crippen LogP) is 4.88. The van der Waals surface area contributed by atoms with Crippen molar-refractivity contribution in [3.05, 3.63) is 69.3 Å². The van der Waals surface area contributed by atoms with Crippen LogP contribution >= 0.6 is 27.3 Å². The molecule has 96 valence electrons. The van der Waals surface area contributed by atoms with Crippen molar-refractivity contribution in [2.45, 2.75) is 6.10 Å². The van der Waals surface area contributed by atoms with Crippen LogP contribution in [0.1, 0.15) is 17.2 Å². The lowest BCUT2D eigenvalue weighted by atomic mass is 10.0. The van der Waals surface area contributed by atoms with E-state index in [4.69, 9.17) is 0 Å². The first-order chi connectivity index (χ1) is 9.16. The molecule has 3 rings (SSSR count). The molecule has 1 atom stereocenters. The second-order valence-corrected chi connectivity index (χ2v) is 6.08. The van der Waals surface area contributed by atoms with Crippen LogP contribution in [0, 0.1) is 5.82 Å². The monoisotopic (exact) mass is 336 g/mol. The van der Waals surface area contributed by atoms with Crippen LogP contribution in [0.15, 0.2) is 52.3 Å². The van der Waals surface area contributed by atoms with Gasteiger partial charge >= 0.3 is 0 Å². The van der Waals surface area contributed by atoms with Crippen molar-refractivity contribution in [3.63, 3.8) is 0 Å². The quantitative estimate of drug-likeness (QED) is 0.706. The van der Waals surface area contributed by atoms with Crippen molar-refractivity contribution >= 4 is 37.4 Å². The normalized spacial score (nSPS) is 12.8. The van der Waals surface area contributed by atoms with Crippen molar-refractivity contribution < 1.29 is 9.50 Å². The minimum Gasteiger partial charge on any atom is -0.383 e. The third kappa shape index (κ3) is 2.31. The maximum atomic E-state index is 13.8. The average molecular weight is 337 g/mol. The van der Waals surface area contributed by atoms with Crippen LogP contribution in [0.4, 0.5) is 4.39 Å². The van der Waals surface area contributed by atoms with E-state index in [-0.39, 0.29) is 5.56 Å². The maximum Gasteiger partial charge on any atom is 0.129 e. The highest BCUT2D eigenvalue weighted by Gasteiger charge is 2.18. The van der Waals surface area contributed by atoms with E-state index in [9.17, 15) is 9.50 Å². The van der Waals surface area contributed by atoms with E-state index in [0.29, 0.717) is 0 Å². The first-order valence-electron chi connectivity index (χ1n) is 5.76. The van der Waals surface area contributed by atoms with Crippen LogP contribution in [0.25, 0.3) is 10.1 Å². The van der Waals surface area contributed by atoms with Crippen molar-refractivity contribution in [1.29, 1.82) is 0 Å². The van der Waals surface area contributed by atoms with Gasteiger partial charge in [0, 0.05) is 20.3 Å². The highest BCUT2D eigenvalue weighted by atomic mass is 79.9. The second-order valence-electron chi connectivity index (χ2n) is 4.26. The fourth-order valence-electron chi connectivity index (χ4n) is 2.10. The molecule has 0 amide bonds. The van der Waals surface area contributed by atoms with Crippen LogP contribution in [0.5, 0.6) is 0 Å². The van der Waals surface area contributed by atoms with Gasteiger partial charge in [-0.05, 0) is 35.0 Å². The van der Waals surface area contributed by atoms with E-state index in [0.717, 1.165) is 20.1 Å². The number of benzene rings is 2. The van der Waals surface area contributed by atoms with Crippen LogP contribution in [-0.2, 0) is 0 Å². The number of aliphatic hydroxyl groups is 1. The third-order valence-corrected chi connectivity index (χ3v) is 4.53. The van der Waals surface area contributed by atoms with E-state index in [1.54, 1.807) is 23.5 Å². The van der Waals surface area contributed by atoms with E-state index in [2.05, 4.69) is 15.9 Å². The Morgan fingerprint density at radius 3 is 2.74 bits per heavy atom. The van der Waals surface area contributed by atoms with Gasteiger partial charge in [0.1, 0.15) is 11.9 Å². The minimum absolute atomic E-state index is 0.290. The molecule has 1 nitrogen and oxygen atoms in total. The van der Waals surface area contributed by atoms with Crippen LogP contribution in [0.3, 0.4) is 0 Å². The topological polar surface area (TPSA) is 20.2 Å². The van der Waals surface area contributed by atoms with E-state index >= 15 is 0 Å². The summed E-state index contributed by atoms with van der Waals surface area (Å²) in [4.78, 5) is 0. The number of fused-ring (bicyclic) bond motifs is 1. The molecule has 3 aromatic rings. The van der Waals surface area contributed by atoms with Gasteiger partial charge in [-0.1, -0.05) is 34.1 Å². The molecule has 4 heteroatoms. The molecule has 2 aromatic carbocycles. The van der Waals surface area contributed by atoms with E-state index in [1.165, 1.54) is 6.07 Å². The molecule has 0 spiro atoms. The second kappa shape index (κ2) is 5.04. The van der Waals surface area contributed by atoms with Gasteiger partial charge in [0.05, 0.1) is 0 Å². The van der Waals surface area contributed by atoms with Gasteiger partial charge in [0.15, 0.2) is 0 Å². The van der Waals surface area contributed by atoms with Crippen molar-refractivity contribution in [2.24, 2.45) is 0 Å². The Labute approximate surface area is 122 Å². The van der Waals surface area contributed by atoms with Gasteiger partial charge in [-0.3, -0.25) is 0 Å².